The number of amides is 1. The van der Waals surface area contributed by atoms with Gasteiger partial charge in [0.25, 0.3) is 0 Å². The minimum Gasteiger partial charge on any atom is -0.449 e. The van der Waals surface area contributed by atoms with E-state index in [9.17, 15) is 4.79 Å². The van der Waals surface area contributed by atoms with Gasteiger partial charge in [-0.3, -0.25) is 9.50 Å². The molecule has 1 aliphatic rings. The first kappa shape index (κ1) is 19.5. The Balaban J connectivity index is 1.39. The van der Waals surface area contributed by atoms with E-state index in [0.29, 0.717) is 31.2 Å². The number of H-pyrrole nitrogens is 1. The van der Waals surface area contributed by atoms with E-state index in [1.54, 1.807) is 17.3 Å². The van der Waals surface area contributed by atoms with Gasteiger partial charge in [0.05, 0.1) is 42.6 Å². The van der Waals surface area contributed by atoms with Crippen molar-refractivity contribution in [3.05, 3.63) is 42.2 Å². The number of cyclic esters (lactones) is 1. The molecule has 31 heavy (non-hydrogen) atoms. The van der Waals surface area contributed by atoms with Crippen LogP contribution >= 0.6 is 11.5 Å². The predicted octanol–water partition coefficient (Wildman–Crippen LogP) is 3.61. The average molecular weight is 439 g/mol. The smallest absolute Gasteiger partial charge is 0.410 e. The molecule has 0 saturated carbocycles. The van der Waals surface area contributed by atoms with E-state index in [1.807, 2.05) is 29.8 Å². The van der Waals surface area contributed by atoms with Crippen molar-refractivity contribution in [2.24, 2.45) is 5.41 Å². The third-order valence-corrected chi connectivity index (χ3v) is 5.77. The highest BCUT2D eigenvalue weighted by Gasteiger charge is 2.33. The molecule has 160 valence electrons. The molecule has 0 aromatic carbocycles. The summed E-state index contributed by atoms with van der Waals surface area (Å²) in [5, 5.41) is 11.0. The fourth-order valence-corrected chi connectivity index (χ4v) is 4.31. The van der Waals surface area contributed by atoms with Crippen molar-refractivity contribution in [1.82, 2.24) is 33.8 Å². The SMILES string of the molecule is Cc1cn2c(-c3cn[nH]c3)cnc2c(Nc2cc(CN3CC(C)(C)COC3=O)ns2)n1. The highest BCUT2D eigenvalue weighted by Crippen LogP contribution is 2.29. The lowest BCUT2D eigenvalue weighted by molar-refractivity contribution is 0.00648. The van der Waals surface area contributed by atoms with Crippen molar-refractivity contribution in [2.75, 3.05) is 18.5 Å². The van der Waals surface area contributed by atoms with Crippen LogP contribution in [0.3, 0.4) is 0 Å². The van der Waals surface area contributed by atoms with Crippen LogP contribution in [-0.4, -0.2) is 53.1 Å². The molecule has 4 aromatic heterocycles. The number of nitrogens with one attached hydrogen (secondary N) is 2. The highest BCUT2D eigenvalue weighted by molar-refractivity contribution is 7.10. The van der Waals surface area contributed by atoms with E-state index in [1.165, 1.54) is 11.5 Å². The molecule has 1 aliphatic heterocycles. The molecule has 0 bridgehead atoms. The number of hydrogen-bond acceptors (Lipinski definition) is 8. The molecule has 4 aromatic rings. The second-order valence-electron chi connectivity index (χ2n) is 8.44. The molecule has 1 amide bonds. The molecule has 1 saturated heterocycles. The monoisotopic (exact) mass is 438 g/mol. The number of carbonyl (C=O) groups is 1. The van der Waals surface area contributed by atoms with Crippen LogP contribution in [-0.2, 0) is 11.3 Å². The number of aromatic amines is 1. The maximum Gasteiger partial charge on any atom is 0.410 e. The van der Waals surface area contributed by atoms with Crippen LogP contribution in [0.15, 0.2) is 30.9 Å². The van der Waals surface area contributed by atoms with E-state index in [-0.39, 0.29) is 11.5 Å². The largest absolute Gasteiger partial charge is 0.449 e. The van der Waals surface area contributed by atoms with Crippen molar-refractivity contribution in [3.63, 3.8) is 0 Å². The predicted molar refractivity (Wildman–Crippen MR) is 116 cm³/mol. The number of fused-ring (bicyclic) bond motifs is 1. The molecule has 5 heterocycles. The molecule has 0 unspecified atom stereocenters. The lowest BCUT2D eigenvalue weighted by Gasteiger charge is -2.36. The van der Waals surface area contributed by atoms with Crippen LogP contribution in [0.5, 0.6) is 0 Å². The fraction of sp³-hybridized carbons (Fsp3) is 0.350. The molecule has 0 aliphatic carbocycles. The van der Waals surface area contributed by atoms with Gasteiger partial charge in [-0.2, -0.15) is 9.47 Å². The Morgan fingerprint density at radius 3 is 3.03 bits per heavy atom. The van der Waals surface area contributed by atoms with Crippen molar-refractivity contribution in [1.29, 1.82) is 0 Å². The van der Waals surface area contributed by atoms with E-state index in [4.69, 9.17) is 4.74 Å². The second kappa shape index (κ2) is 7.34. The molecule has 0 radical (unpaired) electrons. The zero-order chi connectivity index (χ0) is 21.6. The number of nitrogens with zero attached hydrogens (tertiary/aromatic N) is 6. The highest BCUT2D eigenvalue weighted by atomic mass is 32.1. The molecule has 1 fully saturated rings. The summed E-state index contributed by atoms with van der Waals surface area (Å²) in [6.45, 7) is 7.58. The summed E-state index contributed by atoms with van der Waals surface area (Å²) in [6, 6.07) is 1.93. The molecule has 11 heteroatoms. The Morgan fingerprint density at radius 2 is 2.23 bits per heavy atom. The molecular weight excluding hydrogens is 416 g/mol. The van der Waals surface area contributed by atoms with Crippen molar-refractivity contribution in [3.8, 4) is 11.3 Å². The second-order valence-corrected chi connectivity index (χ2v) is 9.24. The van der Waals surface area contributed by atoms with Crippen molar-refractivity contribution >= 4 is 34.1 Å². The number of aromatic nitrogens is 6. The molecule has 10 nitrogen and oxygen atoms in total. The maximum absolute atomic E-state index is 12.1. The summed E-state index contributed by atoms with van der Waals surface area (Å²) >= 11 is 1.32. The molecular formula is C20H22N8O2S. The van der Waals surface area contributed by atoms with E-state index in [2.05, 4.69) is 43.7 Å². The van der Waals surface area contributed by atoms with E-state index < -0.39 is 0 Å². The summed E-state index contributed by atoms with van der Waals surface area (Å²) in [5.41, 5.74) is 4.15. The number of rotatable bonds is 5. The third-order valence-electron chi connectivity index (χ3n) is 5.02. The molecule has 5 rings (SSSR count). The molecule has 2 N–H and O–H groups in total. The Bertz CT molecular complexity index is 1240. The zero-order valence-corrected chi connectivity index (χ0v) is 18.2. The summed E-state index contributed by atoms with van der Waals surface area (Å²) in [6.07, 6.45) is 7.03. The minimum atomic E-state index is -0.298. The third kappa shape index (κ3) is 3.83. The van der Waals surface area contributed by atoms with Gasteiger partial charge in [-0.15, -0.1) is 0 Å². The fourth-order valence-electron chi connectivity index (χ4n) is 3.65. The number of aryl methyl sites for hydroxylation is 1. The Morgan fingerprint density at radius 1 is 1.35 bits per heavy atom. The van der Waals surface area contributed by atoms with Gasteiger partial charge in [0.15, 0.2) is 11.5 Å². The van der Waals surface area contributed by atoms with Crippen LogP contribution in [0, 0.1) is 12.3 Å². The van der Waals surface area contributed by atoms with E-state index >= 15 is 0 Å². The zero-order valence-electron chi connectivity index (χ0n) is 17.4. The maximum atomic E-state index is 12.1. The summed E-state index contributed by atoms with van der Waals surface area (Å²) < 4.78 is 11.8. The molecule has 0 spiro atoms. The minimum absolute atomic E-state index is 0.0739. The van der Waals surface area contributed by atoms with Crippen LogP contribution in [0.1, 0.15) is 25.2 Å². The first-order valence-electron chi connectivity index (χ1n) is 9.86. The number of anilines is 2. The first-order valence-corrected chi connectivity index (χ1v) is 10.6. The van der Waals surface area contributed by atoms with Crippen LogP contribution in [0.25, 0.3) is 16.9 Å². The van der Waals surface area contributed by atoms with Gasteiger partial charge in [-0.05, 0) is 24.5 Å². The van der Waals surface area contributed by atoms with Crippen molar-refractivity contribution in [2.45, 2.75) is 27.3 Å². The first-order chi connectivity index (χ1) is 14.9. The summed E-state index contributed by atoms with van der Waals surface area (Å²) in [4.78, 5) is 23.0. The quantitative estimate of drug-likeness (QED) is 0.489. The Hall–Kier alpha value is -3.47. The van der Waals surface area contributed by atoms with Gasteiger partial charge in [0, 0.05) is 29.9 Å². The van der Waals surface area contributed by atoms with Crippen LogP contribution in [0.4, 0.5) is 15.6 Å². The number of hydrogen-bond donors (Lipinski definition) is 2. The summed E-state index contributed by atoms with van der Waals surface area (Å²) in [7, 11) is 0. The van der Waals surface area contributed by atoms with Gasteiger partial charge in [0.2, 0.25) is 0 Å². The van der Waals surface area contributed by atoms with Gasteiger partial charge >= 0.3 is 6.09 Å². The lowest BCUT2D eigenvalue weighted by atomic mass is 9.93. The molecule has 0 atom stereocenters. The summed E-state index contributed by atoms with van der Waals surface area (Å²) in [5.74, 6) is 0.642. The Labute approximate surface area is 182 Å². The average Bonchev–Trinajstić information content (AvgIpc) is 3.45. The van der Waals surface area contributed by atoms with Gasteiger partial charge in [-0.25, -0.2) is 14.8 Å². The topological polar surface area (TPSA) is 113 Å². The standard InChI is InChI=1S/C20H22N8O2S/c1-12-8-28-15(13-5-22-23-6-13)7-21-18(28)17(24-12)25-16-4-14(26-31-16)9-27-10-20(2,3)11-30-19(27)29/h4-8H,9-11H2,1-3H3,(H,22,23)(H,24,25). The van der Waals surface area contributed by atoms with Gasteiger partial charge in [-0.1, -0.05) is 13.8 Å². The van der Waals surface area contributed by atoms with Crippen LogP contribution in [0.2, 0.25) is 0 Å². The van der Waals surface area contributed by atoms with Crippen LogP contribution < -0.4 is 5.32 Å². The van der Waals surface area contributed by atoms with E-state index in [0.717, 1.165) is 27.6 Å². The normalized spacial score (nSPS) is 16.0. The van der Waals surface area contributed by atoms with Crippen molar-refractivity contribution < 1.29 is 9.53 Å². The lowest BCUT2D eigenvalue weighted by Crippen LogP contribution is -2.46. The van der Waals surface area contributed by atoms with Gasteiger partial charge in [0.1, 0.15) is 5.00 Å². The number of carbonyl (C=O) groups excluding carboxylic acids is 1. The number of ether oxygens (including phenoxy) is 1. The number of imidazole rings is 1. The van der Waals surface area contributed by atoms with Gasteiger partial charge < -0.3 is 15.0 Å². The Kier molecular flexibility index (Phi) is 4.62.